The molecule has 2 aromatic rings. The van der Waals surface area contributed by atoms with Crippen LogP contribution in [0.2, 0.25) is 0 Å². The number of morpholine rings is 1. The summed E-state index contributed by atoms with van der Waals surface area (Å²) in [6, 6.07) is 13.3. The fourth-order valence-corrected chi connectivity index (χ4v) is 6.55. The van der Waals surface area contributed by atoms with Crippen molar-refractivity contribution in [2.24, 2.45) is 11.8 Å². The maximum Gasteiger partial charge on any atom is 0.243 e. The Kier molecular flexibility index (Phi) is 8.24. The van der Waals surface area contributed by atoms with Crippen LogP contribution in [0.3, 0.4) is 0 Å². The first-order chi connectivity index (χ1) is 16.3. The monoisotopic (exact) mass is 487 g/mol. The summed E-state index contributed by atoms with van der Waals surface area (Å²) in [6.45, 7) is 9.07. The Hall–Kier alpha value is -2.00. The number of sulfonamides is 1. The van der Waals surface area contributed by atoms with Crippen molar-refractivity contribution in [3.8, 4) is 0 Å². The smallest absolute Gasteiger partial charge is 0.243 e. The minimum Gasteiger partial charge on any atom is -0.379 e. The fraction of sp³-hybridized carbons (Fsp3) is 0.577. The summed E-state index contributed by atoms with van der Waals surface area (Å²) in [5.74, 6) is 0.450. The molecule has 2 aliphatic heterocycles. The SMILES string of the molecule is CC(C)CC(CNC(=O)C1CCN(S(=O)(=O)c2ccc3ccccc3c2)CC1)N1CCOCC1. The molecule has 2 heterocycles. The van der Waals surface area contributed by atoms with Crippen LogP contribution in [0.4, 0.5) is 0 Å². The highest BCUT2D eigenvalue weighted by molar-refractivity contribution is 7.89. The first-order valence-electron chi connectivity index (χ1n) is 12.4. The molecule has 34 heavy (non-hydrogen) atoms. The van der Waals surface area contributed by atoms with Gasteiger partial charge in [-0.15, -0.1) is 0 Å². The summed E-state index contributed by atoms with van der Waals surface area (Å²) in [6.07, 6.45) is 2.12. The van der Waals surface area contributed by atoms with E-state index in [0.29, 0.717) is 49.3 Å². The van der Waals surface area contributed by atoms with Crippen molar-refractivity contribution >= 4 is 26.7 Å². The van der Waals surface area contributed by atoms with Gasteiger partial charge in [0.2, 0.25) is 15.9 Å². The largest absolute Gasteiger partial charge is 0.379 e. The standard InChI is InChI=1S/C26H37N3O4S/c1-20(2)17-24(28-13-15-33-16-14-28)19-27-26(30)22-9-11-29(12-10-22)34(31,32)25-8-7-21-5-3-4-6-23(21)18-25/h3-8,18,20,22,24H,9-17,19H2,1-2H3,(H,27,30). The van der Waals surface area contributed by atoms with Crippen molar-refractivity contribution < 1.29 is 17.9 Å². The summed E-state index contributed by atoms with van der Waals surface area (Å²) in [4.78, 5) is 15.7. The second kappa shape index (κ2) is 11.2. The molecule has 1 N–H and O–H groups in total. The molecule has 186 valence electrons. The van der Waals surface area contributed by atoms with Crippen LogP contribution in [0.5, 0.6) is 0 Å². The van der Waals surface area contributed by atoms with Crippen molar-refractivity contribution in [1.82, 2.24) is 14.5 Å². The van der Waals surface area contributed by atoms with Gasteiger partial charge in [-0.3, -0.25) is 9.69 Å². The Morgan fingerprint density at radius 2 is 1.71 bits per heavy atom. The van der Waals surface area contributed by atoms with Crippen LogP contribution in [0.15, 0.2) is 47.4 Å². The van der Waals surface area contributed by atoms with Crippen molar-refractivity contribution in [1.29, 1.82) is 0 Å². The predicted octanol–water partition coefficient (Wildman–Crippen LogP) is 3.10. The Labute approximate surface area is 203 Å². The lowest BCUT2D eigenvalue weighted by molar-refractivity contribution is -0.126. The summed E-state index contributed by atoms with van der Waals surface area (Å²) in [5, 5.41) is 5.10. The van der Waals surface area contributed by atoms with E-state index in [4.69, 9.17) is 4.74 Å². The van der Waals surface area contributed by atoms with E-state index in [1.165, 1.54) is 4.31 Å². The lowest BCUT2D eigenvalue weighted by Gasteiger charge is -2.36. The first-order valence-corrected chi connectivity index (χ1v) is 13.9. The van der Waals surface area contributed by atoms with Crippen LogP contribution >= 0.6 is 0 Å². The third-order valence-corrected chi connectivity index (χ3v) is 8.90. The zero-order valence-corrected chi connectivity index (χ0v) is 21.1. The van der Waals surface area contributed by atoms with Crippen LogP contribution in [-0.2, 0) is 19.6 Å². The minimum atomic E-state index is -3.57. The number of piperidine rings is 1. The van der Waals surface area contributed by atoms with Crippen LogP contribution in [0, 0.1) is 11.8 Å². The van der Waals surface area contributed by atoms with Gasteiger partial charge in [0.05, 0.1) is 18.1 Å². The molecule has 7 nitrogen and oxygen atoms in total. The maximum absolute atomic E-state index is 13.2. The number of fused-ring (bicyclic) bond motifs is 1. The quantitative estimate of drug-likeness (QED) is 0.619. The molecule has 1 amide bonds. The average molecular weight is 488 g/mol. The number of amides is 1. The normalized spacial score (nSPS) is 20.0. The molecule has 1 atom stereocenters. The number of hydrogen-bond donors (Lipinski definition) is 1. The maximum atomic E-state index is 13.2. The van der Waals surface area contributed by atoms with Gasteiger partial charge in [-0.1, -0.05) is 44.2 Å². The number of nitrogens with zero attached hydrogens (tertiary/aromatic N) is 2. The molecule has 0 saturated carbocycles. The highest BCUT2D eigenvalue weighted by Crippen LogP contribution is 2.26. The number of nitrogens with one attached hydrogen (secondary N) is 1. The summed E-state index contributed by atoms with van der Waals surface area (Å²) < 4.78 is 33.4. The van der Waals surface area contributed by atoms with Crippen molar-refractivity contribution in [2.75, 3.05) is 45.9 Å². The topological polar surface area (TPSA) is 79.0 Å². The van der Waals surface area contributed by atoms with Gasteiger partial charge < -0.3 is 10.1 Å². The zero-order chi connectivity index (χ0) is 24.1. The van der Waals surface area contributed by atoms with E-state index in [0.717, 1.165) is 43.5 Å². The van der Waals surface area contributed by atoms with Gasteiger partial charge in [0, 0.05) is 44.7 Å². The highest BCUT2D eigenvalue weighted by Gasteiger charge is 2.32. The third-order valence-electron chi connectivity index (χ3n) is 7.00. The molecule has 2 saturated heterocycles. The Morgan fingerprint density at radius 3 is 2.38 bits per heavy atom. The van der Waals surface area contributed by atoms with E-state index < -0.39 is 10.0 Å². The number of benzene rings is 2. The molecule has 2 fully saturated rings. The average Bonchev–Trinajstić information content (AvgIpc) is 2.86. The van der Waals surface area contributed by atoms with E-state index >= 15 is 0 Å². The number of ether oxygens (including phenoxy) is 1. The lowest BCUT2D eigenvalue weighted by Crippen LogP contribution is -2.50. The van der Waals surface area contributed by atoms with Gasteiger partial charge in [-0.05, 0) is 48.1 Å². The molecule has 0 aliphatic carbocycles. The van der Waals surface area contributed by atoms with Gasteiger partial charge in [-0.25, -0.2) is 8.42 Å². The van der Waals surface area contributed by atoms with E-state index in [2.05, 4.69) is 24.1 Å². The fourth-order valence-electron chi connectivity index (χ4n) is 5.05. The molecule has 0 radical (unpaired) electrons. The highest BCUT2D eigenvalue weighted by atomic mass is 32.2. The van der Waals surface area contributed by atoms with Gasteiger partial charge in [0.1, 0.15) is 0 Å². The number of hydrogen-bond acceptors (Lipinski definition) is 5. The molecule has 0 spiro atoms. The summed E-state index contributed by atoms with van der Waals surface area (Å²) in [7, 11) is -3.57. The molecular formula is C26H37N3O4S. The molecule has 0 bridgehead atoms. The van der Waals surface area contributed by atoms with E-state index in [1.807, 2.05) is 30.3 Å². The minimum absolute atomic E-state index is 0.0461. The van der Waals surface area contributed by atoms with Crippen molar-refractivity contribution in [3.63, 3.8) is 0 Å². The molecule has 2 aromatic carbocycles. The van der Waals surface area contributed by atoms with Crippen LogP contribution in [0.1, 0.15) is 33.1 Å². The number of carbonyl (C=O) groups excluding carboxylic acids is 1. The lowest BCUT2D eigenvalue weighted by atomic mass is 9.96. The van der Waals surface area contributed by atoms with Crippen LogP contribution in [0.25, 0.3) is 10.8 Å². The Bertz CT molecular complexity index is 1070. The zero-order valence-electron chi connectivity index (χ0n) is 20.3. The first kappa shape index (κ1) is 25.1. The summed E-state index contributed by atoms with van der Waals surface area (Å²) >= 11 is 0. The molecule has 0 aromatic heterocycles. The van der Waals surface area contributed by atoms with E-state index in [-0.39, 0.29) is 11.8 Å². The van der Waals surface area contributed by atoms with Crippen LogP contribution < -0.4 is 5.32 Å². The second-order valence-electron chi connectivity index (χ2n) is 9.86. The molecule has 4 rings (SSSR count). The van der Waals surface area contributed by atoms with E-state index in [1.54, 1.807) is 12.1 Å². The Balaban J connectivity index is 1.32. The van der Waals surface area contributed by atoms with Gasteiger partial charge in [0.25, 0.3) is 0 Å². The van der Waals surface area contributed by atoms with E-state index in [9.17, 15) is 13.2 Å². The molecular weight excluding hydrogens is 450 g/mol. The van der Waals surface area contributed by atoms with Gasteiger partial charge >= 0.3 is 0 Å². The van der Waals surface area contributed by atoms with Gasteiger partial charge in [-0.2, -0.15) is 4.31 Å². The van der Waals surface area contributed by atoms with Crippen LogP contribution in [-0.4, -0.2) is 75.5 Å². The number of carbonyl (C=O) groups is 1. The third kappa shape index (κ3) is 5.97. The number of rotatable bonds is 8. The predicted molar refractivity (Wildman–Crippen MR) is 134 cm³/mol. The summed E-state index contributed by atoms with van der Waals surface area (Å²) in [5.41, 5.74) is 0. The molecule has 1 unspecified atom stereocenters. The Morgan fingerprint density at radius 1 is 1.03 bits per heavy atom. The van der Waals surface area contributed by atoms with Gasteiger partial charge in [0.15, 0.2) is 0 Å². The van der Waals surface area contributed by atoms with Crippen molar-refractivity contribution in [2.45, 2.75) is 44.0 Å². The van der Waals surface area contributed by atoms with Crippen molar-refractivity contribution in [3.05, 3.63) is 42.5 Å². The molecule has 2 aliphatic rings. The molecule has 8 heteroatoms. The second-order valence-corrected chi connectivity index (χ2v) is 11.8.